The van der Waals surface area contributed by atoms with E-state index in [1.165, 1.54) is 31.8 Å². The van der Waals surface area contributed by atoms with Crippen molar-refractivity contribution < 1.29 is 16.1 Å². The van der Waals surface area contributed by atoms with E-state index in [0.717, 1.165) is 0 Å². The zero-order valence-corrected chi connectivity index (χ0v) is 28.6. The van der Waals surface area contributed by atoms with Gasteiger partial charge in [0.2, 0.25) is 0 Å². The second kappa shape index (κ2) is 17.4. The van der Waals surface area contributed by atoms with Gasteiger partial charge in [-0.25, -0.2) is 0 Å². The van der Waals surface area contributed by atoms with Crippen molar-refractivity contribution in [2.75, 3.05) is 0 Å². The van der Waals surface area contributed by atoms with E-state index in [1.54, 1.807) is 0 Å². The van der Waals surface area contributed by atoms with Gasteiger partial charge in [0, 0.05) is 0 Å². The van der Waals surface area contributed by atoms with Gasteiger partial charge < -0.3 is 0 Å². The molecule has 0 bridgehead atoms. The van der Waals surface area contributed by atoms with Gasteiger partial charge in [-0.1, -0.05) is 109 Å². The molecule has 0 fully saturated rings. The third-order valence-corrected chi connectivity index (χ3v) is 11.8. The molecule has 0 aliphatic rings. The molecule has 0 radical (unpaired) electrons. The van der Waals surface area contributed by atoms with E-state index in [2.05, 4.69) is 201 Å². The largest absolute Gasteiger partial charge is 0.102 e. The van der Waals surface area contributed by atoms with E-state index < -0.39 is 15.8 Å². The molecule has 40 heavy (non-hydrogen) atoms. The monoisotopic (exact) mass is 849 g/mol. The van der Waals surface area contributed by atoms with Crippen LogP contribution in [0.5, 0.6) is 0 Å². The van der Waals surface area contributed by atoms with Gasteiger partial charge in [0.1, 0.15) is 31.8 Å². The topological polar surface area (TPSA) is 0 Å². The van der Waals surface area contributed by atoms with Crippen LogP contribution in [0.15, 0.2) is 182 Å². The van der Waals surface area contributed by atoms with Crippen molar-refractivity contribution in [1.82, 2.24) is 0 Å². The Morgan fingerprint density at radius 2 is 0.375 bits per heavy atom. The molecule has 0 unspecified atom stereocenters. The molecule has 0 N–H and O–H groups in total. The summed E-state index contributed by atoms with van der Waals surface area (Å²) < 4.78 is 0. The molecule has 0 saturated heterocycles. The van der Waals surface area contributed by atoms with Crippen LogP contribution in [0.25, 0.3) is 0 Å². The summed E-state index contributed by atoms with van der Waals surface area (Å²) in [5, 5.41) is 8.61. The molecule has 0 nitrogen and oxygen atoms in total. The van der Waals surface area contributed by atoms with Crippen LogP contribution in [0.4, 0.5) is 0 Å². The number of rotatable bonds is 6. The first-order valence-electron chi connectivity index (χ1n) is 13.1. The Morgan fingerprint density at radius 1 is 0.250 bits per heavy atom. The van der Waals surface area contributed by atoms with Gasteiger partial charge in [-0.3, -0.25) is 0 Å². The van der Waals surface area contributed by atoms with Crippen LogP contribution in [-0.4, -0.2) is 0 Å². The molecular formula is C36H33IP2Pt+2. The molecule has 4 heteroatoms. The smallest absolute Gasteiger partial charge is 0.0620 e. The third kappa shape index (κ3) is 8.80. The summed E-state index contributed by atoms with van der Waals surface area (Å²) in [6, 6.07) is 65.0. The Kier molecular flexibility index (Phi) is 13.3. The minimum atomic E-state index is -0.877. The zero-order valence-electron chi connectivity index (χ0n) is 22.0. The SMILES string of the molecule is [I][PtH].c1ccc([PH+](c2ccccc2)c2ccccc2)cc1.c1ccc([PH+](c2ccccc2)c2ccccc2)cc1. The fraction of sp³-hybridized carbons (Fsp3) is 0. The van der Waals surface area contributed by atoms with E-state index in [1.807, 2.05) is 16.1 Å². The maximum absolute atomic E-state index is 2.24. The van der Waals surface area contributed by atoms with Crippen molar-refractivity contribution in [2.24, 2.45) is 0 Å². The summed E-state index contributed by atoms with van der Waals surface area (Å²) in [5.41, 5.74) is 0. The molecule has 0 saturated carbocycles. The minimum Gasteiger partial charge on any atom is -0.0620 e. The van der Waals surface area contributed by atoms with Gasteiger partial charge in [0.15, 0.2) is 0 Å². The zero-order chi connectivity index (χ0) is 27.8. The van der Waals surface area contributed by atoms with Gasteiger partial charge in [-0.15, -0.1) is 0 Å². The average molecular weight is 850 g/mol. The quantitative estimate of drug-likeness (QED) is 0.126. The molecule has 0 aliphatic carbocycles. The first-order chi connectivity index (χ1) is 19.9. The molecule has 0 heterocycles. The number of hydrogen-bond donors (Lipinski definition) is 0. The summed E-state index contributed by atoms with van der Waals surface area (Å²) in [6.45, 7) is 0. The minimum absolute atomic E-state index is 0.877. The third-order valence-electron chi connectivity index (χ3n) is 6.37. The Hall–Kier alpha value is -2.40. The Morgan fingerprint density at radius 3 is 0.500 bits per heavy atom. The van der Waals surface area contributed by atoms with Gasteiger partial charge in [-0.2, -0.15) is 0 Å². The van der Waals surface area contributed by atoms with Crippen molar-refractivity contribution in [2.45, 2.75) is 0 Å². The fourth-order valence-corrected chi connectivity index (χ4v) is 9.78. The summed E-state index contributed by atoms with van der Waals surface area (Å²) >= 11 is 4.12. The molecule has 0 aromatic heterocycles. The van der Waals surface area contributed by atoms with Crippen molar-refractivity contribution in [1.29, 1.82) is 0 Å². The molecule has 6 aromatic rings. The van der Waals surface area contributed by atoms with E-state index in [0.29, 0.717) is 0 Å². The number of benzene rings is 6. The summed E-state index contributed by atoms with van der Waals surface area (Å²) in [7, 11) is -1.75. The van der Waals surface area contributed by atoms with Gasteiger partial charge in [0.05, 0.1) is 15.8 Å². The van der Waals surface area contributed by atoms with Crippen LogP contribution in [0, 0.1) is 0 Å². The first kappa shape index (κ1) is 30.6. The maximum Gasteiger partial charge on any atom is 0.102 e. The number of hydrogen-bond acceptors (Lipinski definition) is 0. The van der Waals surface area contributed by atoms with Crippen LogP contribution in [0.1, 0.15) is 0 Å². The predicted molar refractivity (Wildman–Crippen MR) is 189 cm³/mol. The van der Waals surface area contributed by atoms with E-state index in [-0.39, 0.29) is 0 Å². The van der Waals surface area contributed by atoms with Crippen molar-refractivity contribution in [3.8, 4) is 0 Å². The predicted octanol–water partition coefficient (Wildman–Crippen LogP) is 6.97. The van der Waals surface area contributed by atoms with Crippen molar-refractivity contribution in [3.05, 3.63) is 182 Å². The number of halogens is 1. The Labute approximate surface area is 263 Å². The van der Waals surface area contributed by atoms with E-state index in [9.17, 15) is 0 Å². The molecular weight excluding hydrogens is 816 g/mol. The van der Waals surface area contributed by atoms with E-state index >= 15 is 0 Å². The summed E-state index contributed by atoms with van der Waals surface area (Å²) in [6.07, 6.45) is 0. The molecule has 0 amide bonds. The standard InChI is InChI=1S/2C18H15P.HI.Pt.H/c2*1-4-10-16(11-5-1)19(17-12-6-2-7-13-17)18-14-8-3-9-15-18;;;/h2*1-15H;1H;;/q;;;+1;/p+1. The van der Waals surface area contributed by atoms with Crippen LogP contribution in [-0.2, 0) is 16.1 Å². The fourth-order valence-electron chi connectivity index (χ4n) is 4.63. The normalized spacial score (nSPS) is 10.2. The molecule has 6 rings (SSSR count). The van der Waals surface area contributed by atoms with Crippen molar-refractivity contribution in [3.63, 3.8) is 0 Å². The summed E-state index contributed by atoms with van der Waals surface area (Å²) in [4.78, 5) is 0. The van der Waals surface area contributed by atoms with Gasteiger partial charge in [-0.05, 0) is 72.8 Å². The second-order valence-electron chi connectivity index (χ2n) is 8.95. The molecule has 0 atom stereocenters. The van der Waals surface area contributed by atoms with Crippen LogP contribution >= 0.6 is 35.2 Å². The molecule has 0 spiro atoms. The van der Waals surface area contributed by atoms with Gasteiger partial charge >= 0.3 is 35.5 Å². The average Bonchev–Trinajstić information content (AvgIpc) is 3.06. The van der Waals surface area contributed by atoms with Gasteiger partial charge in [0.25, 0.3) is 0 Å². The van der Waals surface area contributed by atoms with Crippen molar-refractivity contribution >= 4 is 67.0 Å². The second-order valence-corrected chi connectivity index (χ2v) is 13.9. The molecule has 0 aliphatic heterocycles. The maximum atomic E-state index is 2.24. The molecule has 6 aromatic carbocycles. The summed E-state index contributed by atoms with van der Waals surface area (Å²) in [5.74, 6) is 0. The first-order valence-corrected chi connectivity index (χ1v) is 22.9. The Bertz CT molecular complexity index is 1180. The Balaban J connectivity index is 0.000000174. The van der Waals surface area contributed by atoms with E-state index in [4.69, 9.17) is 0 Å². The van der Waals surface area contributed by atoms with Crippen LogP contribution in [0.3, 0.4) is 0 Å². The van der Waals surface area contributed by atoms with Crippen LogP contribution < -0.4 is 31.8 Å². The van der Waals surface area contributed by atoms with Crippen LogP contribution in [0.2, 0.25) is 0 Å². The molecule has 202 valence electrons.